The fourth-order valence-electron chi connectivity index (χ4n) is 1.99. The Hall–Kier alpha value is -0.190. The van der Waals surface area contributed by atoms with Gasteiger partial charge in [0.1, 0.15) is 0 Å². The standard InChI is InChI=1S/C11H13BrO2S/c12-10-6-5-9(15-10)11(14)7-1-3-8(13)4-2-7/h5-8,13H,1-4H2. The third-order valence-corrected chi connectivity index (χ3v) is 4.52. The first-order valence-corrected chi connectivity index (χ1v) is 6.75. The van der Waals surface area contributed by atoms with Crippen LogP contribution in [0.4, 0.5) is 0 Å². The van der Waals surface area contributed by atoms with Crippen molar-refractivity contribution in [2.24, 2.45) is 5.92 Å². The smallest absolute Gasteiger partial charge is 0.175 e. The van der Waals surface area contributed by atoms with Crippen LogP contribution >= 0.6 is 27.3 Å². The zero-order valence-electron chi connectivity index (χ0n) is 8.28. The summed E-state index contributed by atoms with van der Waals surface area (Å²) < 4.78 is 1.00. The highest BCUT2D eigenvalue weighted by atomic mass is 79.9. The average Bonchev–Trinajstić information content (AvgIpc) is 2.65. The maximum atomic E-state index is 12.0. The van der Waals surface area contributed by atoms with E-state index in [1.165, 1.54) is 11.3 Å². The Labute approximate surface area is 101 Å². The third kappa shape index (κ3) is 2.68. The molecule has 0 aromatic carbocycles. The van der Waals surface area contributed by atoms with Crippen molar-refractivity contribution in [3.05, 3.63) is 20.8 Å². The molecule has 2 nitrogen and oxygen atoms in total. The minimum atomic E-state index is -0.191. The summed E-state index contributed by atoms with van der Waals surface area (Å²) in [6, 6.07) is 3.79. The molecular weight excluding hydrogens is 276 g/mol. The average molecular weight is 289 g/mol. The second kappa shape index (κ2) is 4.76. The molecule has 0 spiro atoms. The molecule has 1 saturated carbocycles. The highest BCUT2D eigenvalue weighted by Gasteiger charge is 2.26. The van der Waals surface area contributed by atoms with Crippen LogP contribution in [0.25, 0.3) is 0 Å². The van der Waals surface area contributed by atoms with Gasteiger partial charge in [-0.25, -0.2) is 0 Å². The number of carbonyl (C=O) groups excluding carboxylic acids is 1. The van der Waals surface area contributed by atoms with E-state index in [0.29, 0.717) is 0 Å². The van der Waals surface area contributed by atoms with E-state index in [2.05, 4.69) is 15.9 Å². The molecule has 1 fully saturated rings. The summed E-state index contributed by atoms with van der Waals surface area (Å²) in [4.78, 5) is 12.9. The molecule has 1 aromatic rings. The summed E-state index contributed by atoms with van der Waals surface area (Å²) >= 11 is 4.86. The Kier molecular flexibility index (Phi) is 3.59. The SMILES string of the molecule is O=C(c1ccc(Br)s1)C1CCC(O)CC1. The molecule has 0 amide bonds. The van der Waals surface area contributed by atoms with Gasteiger partial charge in [0.15, 0.2) is 5.78 Å². The highest BCUT2D eigenvalue weighted by molar-refractivity contribution is 9.11. The van der Waals surface area contributed by atoms with Crippen molar-refractivity contribution in [1.82, 2.24) is 0 Å². The maximum Gasteiger partial charge on any atom is 0.175 e. The number of Topliss-reactive ketones (excluding diaryl/α,β-unsaturated/α-hetero) is 1. The molecule has 1 heterocycles. The lowest BCUT2D eigenvalue weighted by atomic mass is 9.84. The van der Waals surface area contributed by atoms with Gasteiger partial charge in [0.2, 0.25) is 0 Å². The molecule has 0 saturated heterocycles. The molecule has 1 aliphatic rings. The van der Waals surface area contributed by atoms with E-state index < -0.39 is 0 Å². The molecule has 0 radical (unpaired) electrons. The monoisotopic (exact) mass is 288 g/mol. The molecule has 0 aliphatic heterocycles. The van der Waals surface area contributed by atoms with E-state index in [0.717, 1.165) is 34.3 Å². The molecular formula is C11H13BrO2S. The molecule has 15 heavy (non-hydrogen) atoms. The van der Waals surface area contributed by atoms with Gasteiger partial charge in [-0.2, -0.15) is 0 Å². The number of carbonyl (C=O) groups is 1. The second-order valence-corrected chi connectivity index (χ2v) is 6.44. The number of thiophene rings is 1. The Morgan fingerprint density at radius 1 is 1.33 bits per heavy atom. The molecule has 0 atom stereocenters. The van der Waals surface area contributed by atoms with Crippen molar-refractivity contribution in [2.75, 3.05) is 0 Å². The minimum absolute atomic E-state index is 0.124. The van der Waals surface area contributed by atoms with Crippen molar-refractivity contribution in [3.8, 4) is 0 Å². The van der Waals surface area contributed by atoms with Gasteiger partial charge >= 0.3 is 0 Å². The van der Waals surface area contributed by atoms with Crippen LogP contribution < -0.4 is 0 Å². The lowest BCUT2D eigenvalue weighted by Crippen LogP contribution is -2.23. The third-order valence-electron chi connectivity index (χ3n) is 2.88. The molecule has 4 heteroatoms. The number of ketones is 1. The van der Waals surface area contributed by atoms with Gasteiger partial charge < -0.3 is 5.11 Å². The van der Waals surface area contributed by atoms with Crippen LogP contribution in [-0.2, 0) is 0 Å². The van der Waals surface area contributed by atoms with Crippen molar-refractivity contribution < 1.29 is 9.90 Å². The van der Waals surface area contributed by atoms with Crippen molar-refractivity contribution >= 4 is 33.0 Å². The van der Waals surface area contributed by atoms with Crippen LogP contribution in [0.15, 0.2) is 15.9 Å². The number of halogens is 1. The molecule has 0 unspecified atom stereocenters. The predicted octanol–water partition coefficient (Wildman–Crippen LogP) is 3.24. The topological polar surface area (TPSA) is 37.3 Å². The Balaban J connectivity index is 2.02. The van der Waals surface area contributed by atoms with Crippen LogP contribution in [0, 0.1) is 5.92 Å². The van der Waals surface area contributed by atoms with Crippen LogP contribution in [0.2, 0.25) is 0 Å². The Bertz CT molecular complexity index is 353. The summed E-state index contributed by atoms with van der Waals surface area (Å²) in [5.74, 6) is 0.372. The molecule has 82 valence electrons. The zero-order valence-corrected chi connectivity index (χ0v) is 10.7. The summed E-state index contributed by atoms with van der Waals surface area (Å²) in [5, 5.41) is 9.37. The number of hydrogen-bond donors (Lipinski definition) is 1. The number of aliphatic hydroxyl groups is 1. The predicted molar refractivity (Wildman–Crippen MR) is 64.3 cm³/mol. The first-order chi connectivity index (χ1) is 7.16. The van der Waals surface area contributed by atoms with Gasteiger partial charge in [-0.3, -0.25) is 4.79 Å². The van der Waals surface area contributed by atoms with Gasteiger partial charge in [0, 0.05) is 5.92 Å². The minimum Gasteiger partial charge on any atom is -0.393 e. The lowest BCUT2D eigenvalue weighted by Gasteiger charge is -2.23. The van der Waals surface area contributed by atoms with Gasteiger partial charge in [-0.1, -0.05) is 0 Å². The fourth-order valence-corrected chi connectivity index (χ4v) is 3.39. The van der Waals surface area contributed by atoms with Gasteiger partial charge in [0.05, 0.1) is 14.8 Å². The maximum absolute atomic E-state index is 12.0. The van der Waals surface area contributed by atoms with Crippen LogP contribution in [0.1, 0.15) is 35.4 Å². The molecule has 1 aliphatic carbocycles. The fraction of sp³-hybridized carbons (Fsp3) is 0.545. The molecule has 0 bridgehead atoms. The van der Waals surface area contributed by atoms with E-state index in [9.17, 15) is 9.90 Å². The van der Waals surface area contributed by atoms with Crippen LogP contribution in [-0.4, -0.2) is 17.0 Å². The zero-order chi connectivity index (χ0) is 10.8. The van der Waals surface area contributed by atoms with Gasteiger partial charge in [0.25, 0.3) is 0 Å². The Morgan fingerprint density at radius 3 is 2.53 bits per heavy atom. The van der Waals surface area contributed by atoms with E-state index in [-0.39, 0.29) is 17.8 Å². The van der Waals surface area contributed by atoms with Gasteiger partial charge in [-0.15, -0.1) is 11.3 Å². The van der Waals surface area contributed by atoms with Crippen molar-refractivity contribution in [1.29, 1.82) is 0 Å². The number of rotatable bonds is 2. The molecule has 1 N–H and O–H groups in total. The van der Waals surface area contributed by atoms with E-state index in [1.807, 2.05) is 12.1 Å². The van der Waals surface area contributed by atoms with Crippen molar-refractivity contribution in [3.63, 3.8) is 0 Å². The first kappa shape index (κ1) is 11.3. The van der Waals surface area contributed by atoms with E-state index in [1.54, 1.807) is 0 Å². The number of aliphatic hydroxyl groups excluding tert-OH is 1. The Morgan fingerprint density at radius 2 is 2.00 bits per heavy atom. The highest BCUT2D eigenvalue weighted by Crippen LogP contribution is 2.30. The van der Waals surface area contributed by atoms with Crippen LogP contribution in [0.5, 0.6) is 0 Å². The second-order valence-electron chi connectivity index (χ2n) is 3.97. The summed E-state index contributed by atoms with van der Waals surface area (Å²) in [6.07, 6.45) is 3.00. The van der Waals surface area contributed by atoms with Crippen molar-refractivity contribution in [2.45, 2.75) is 31.8 Å². The molecule has 2 rings (SSSR count). The normalized spacial score (nSPS) is 26.5. The van der Waals surface area contributed by atoms with Crippen LogP contribution in [0.3, 0.4) is 0 Å². The summed E-state index contributed by atoms with van der Waals surface area (Å²) in [6.45, 7) is 0. The van der Waals surface area contributed by atoms with E-state index >= 15 is 0 Å². The largest absolute Gasteiger partial charge is 0.393 e. The van der Waals surface area contributed by atoms with Gasteiger partial charge in [-0.05, 0) is 53.7 Å². The van der Waals surface area contributed by atoms with E-state index in [4.69, 9.17) is 0 Å². The first-order valence-electron chi connectivity index (χ1n) is 5.14. The molecule has 1 aromatic heterocycles. The summed E-state index contributed by atoms with van der Waals surface area (Å²) in [7, 11) is 0. The lowest BCUT2D eigenvalue weighted by molar-refractivity contribution is 0.0768. The summed E-state index contributed by atoms with van der Waals surface area (Å²) in [5.41, 5.74) is 0. The quantitative estimate of drug-likeness (QED) is 0.849. The number of hydrogen-bond acceptors (Lipinski definition) is 3.